The van der Waals surface area contributed by atoms with Crippen molar-refractivity contribution >= 4 is 80.6 Å². The second kappa shape index (κ2) is 24.6. The van der Waals surface area contributed by atoms with Crippen molar-refractivity contribution in [2.75, 3.05) is 57.7 Å². The molecule has 17 heteroatoms. The number of aromatic amines is 2. The maximum atomic E-state index is 13.4. The quantitative estimate of drug-likeness (QED) is 0.0713. The Bertz CT molecular complexity index is 2970. The van der Waals surface area contributed by atoms with Crippen LogP contribution in [-0.2, 0) is 14.4 Å². The highest BCUT2D eigenvalue weighted by Crippen LogP contribution is 2.37. The number of aliphatic carboxylic acids is 2. The van der Waals surface area contributed by atoms with Gasteiger partial charge < -0.3 is 35.3 Å². The van der Waals surface area contributed by atoms with Crippen LogP contribution in [0.15, 0.2) is 103 Å². The van der Waals surface area contributed by atoms with Crippen LogP contribution in [0.2, 0.25) is 10.0 Å². The van der Waals surface area contributed by atoms with Gasteiger partial charge in [-0.05, 0) is 179 Å². The molecule has 6 heterocycles. The molecule has 0 aliphatic carbocycles. The lowest BCUT2D eigenvalue weighted by molar-refractivity contribution is -0.145. The van der Waals surface area contributed by atoms with Crippen LogP contribution in [0.1, 0.15) is 92.7 Å². The summed E-state index contributed by atoms with van der Waals surface area (Å²) >= 11 is 12.0. The molecule has 0 spiro atoms. The number of carbonyl (C=O) groups is 4. The van der Waals surface area contributed by atoms with E-state index in [0.717, 1.165) is 94.6 Å². The standard InChI is InChI=1S/C30H33F2N3O3.C28H32Cl2N4O3/c31-23-15-21(16-24(32)18-23)5-6-29(36)35-11-7-20(8-12-35)17-28(30(37)38)34-13-9-22(10-14-34)26-19-33-27-4-2-1-3-25(26)27;29-23-6-5-20(16-24(23)30)32-28(37)34-11-7-18(8-12-34)15-26(27(35)36)33-13-9-19(10-14-33)22-17-31-25-4-2-1-3-21(22)25/h1-6,15-16,18-20,22,28,33H,7-14,17H2,(H,37,38);1-6,16-19,26,31H,7-15H2,(H,32,37)(H,35,36)/b6-5+;. The average Bonchev–Trinajstić information content (AvgIpc) is 4.05. The zero-order valence-corrected chi connectivity index (χ0v) is 43.4. The number of carboxylic acid groups (broad SMARTS) is 2. The van der Waals surface area contributed by atoms with Gasteiger partial charge in [0, 0.05) is 78.2 Å². The molecule has 0 saturated carbocycles. The SMILES string of the molecule is O=C(O)C(CC1CCN(C(=O)/C=C/c2cc(F)cc(F)c2)CC1)N1CCC(c2c[nH]c3ccccc23)CC1.O=C(O)C(CC1CCN(C(=O)Nc2ccc(Cl)c(Cl)c2)CC1)N1CCC(c2c[nH]c3ccccc23)CC1. The zero-order chi connectivity index (χ0) is 52.6. The monoisotopic (exact) mass is 1060 g/mol. The summed E-state index contributed by atoms with van der Waals surface area (Å²) in [5, 5.41) is 26.3. The summed E-state index contributed by atoms with van der Waals surface area (Å²) < 4.78 is 26.7. The molecule has 2 aromatic heterocycles. The van der Waals surface area contributed by atoms with Crippen LogP contribution in [0.3, 0.4) is 0 Å². The third-order valence-corrected chi connectivity index (χ3v) is 16.8. The topological polar surface area (TPSA) is 165 Å². The van der Waals surface area contributed by atoms with E-state index in [4.69, 9.17) is 23.2 Å². The summed E-state index contributed by atoms with van der Waals surface area (Å²) in [6, 6.07) is 23.6. The van der Waals surface area contributed by atoms with Crippen molar-refractivity contribution in [1.29, 1.82) is 0 Å². The first-order valence-corrected chi connectivity index (χ1v) is 27.0. The van der Waals surface area contributed by atoms with Gasteiger partial charge in [0.25, 0.3) is 0 Å². The molecule has 4 aliphatic rings. The van der Waals surface area contributed by atoms with E-state index in [9.17, 15) is 38.2 Å². The normalized spacial score (nSPS) is 18.8. The minimum absolute atomic E-state index is 0.175. The van der Waals surface area contributed by atoms with Gasteiger partial charge in [0.05, 0.1) is 10.0 Å². The Balaban J connectivity index is 0.000000184. The van der Waals surface area contributed by atoms with Gasteiger partial charge >= 0.3 is 18.0 Å². The highest BCUT2D eigenvalue weighted by molar-refractivity contribution is 6.42. The van der Waals surface area contributed by atoms with E-state index < -0.39 is 35.7 Å². The number of urea groups is 1. The molecule has 2 atom stereocenters. The first kappa shape index (κ1) is 53.6. The van der Waals surface area contributed by atoms with E-state index in [0.29, 0.717) is 72.2 Å². The molecule has 4 aliphatic heterocycles. The number of hydrogen-bond acceptors (Lipinski definition) is 6. The molecule has 396 valence electrons. The maximum Gasteiger partial charge on any atom is 0.321 e. The van der Waals surface area contributed by atoms with Crippen molar-refractivity contribution in [2.45, 2.75) is 88.1 Å². The van der Waals surface area contributed by atoms with Crippen molar-refractivity contribution in [3.8, 4) is 0 Å². The number of para-hydroxylation sites is 2. The lowest BCUT2D eigenvalue weighted by atomic mass is 9.86. The fraction of sp³-hybridized carbons (Fsp3) is 0.414. The number of rotatable bonds is 13. The molecule has 10 rings (SSSR count). The third-order valence-electron chi connectivity index (χ3n) is 16.0. The van der Waals surface area contributed by atoms with Gasteiger partial charge in [-0.2, -0.15) is 0 Å². The lowest BCUT2D eigenvalue weighted by Gasteiger charge is -2.38. The molecule has 75 heavy (non-hydrogen) atoms. The largest absolute Gasteiger partial charge is 0.480 e. The van der Waals surface area contributed by atoms with Gasteiger partial charge in [0.15, 0.2) is 0 Å². The second-order valence-corrected chi connectivity index (χ2v) is 21.5. The fourth-order valence-corrected chi connectivity index (χ4v) is 12.1. The number of piperidine rings is 4. The van der Waals surface area contributed by atoms with Crippen LogP contribution >= 0.6 is 23.2 Å². The predicted molar refractivity (Wildman–Crippen MR) is 290 cm³/mol. The van der Waals surface area contributed by atoms with Crippen molar-refractivity contribution in [3.05, 3.63) is 142 Å². The number of nitrogens with zero attached hydrogens (tertiary/aromatic N) is 4. The number of nitrogens with one attached hydrogen (secondary N) is 3. The Morgan fingerprint density at radius 2 is 1.07 bits per heavy atom. The number of amides is 3. The van der Waals surface area contributed by atoms with Gasteiger partial charge in [0.2, 0.25) is 5.91 Å². The van der Waals surface area contributed by atoms with Crippen molar-refractivity contribution in [1.82, 2.24) is 29.6 Å². The summed E-state index contributed by atoms with van der Waals surface area (Å²) in [5.41, 5.74) is 5.85. The van der Waals surface area contributed by atoms with Crippen molar-refractivity contribution in [2.24, 2.45) is 11.8 Å². The van der Waals surface area contributed by atoms with E-state index in [-0.39, 0.29) is 23.8 Å². The molecule has 4 saturated heterocycles. The van der Waals surface area contributed by atoms with Crippen LogP contribution in [-0.4, -0.2) is 128 Å². The Hall–Kier alpha value is -6.26. The number of benzene rings is 4. The van der Waals surface area contributed by atoms with Crippen LogP contribution in [0.4, 0.5) is 19.3 Å². The number of carboxylic acids is 2. The van der Waals surface area contributed by atoms with E-state index >= 15 is 0 Å². The Morgan fingerprint density at radius 3 is 1.53 bits per heavy atom. The van der Waals surface area contributed by atoms with E-state index in [1.54, 1.807) is 28.0 Å². The molecular weight excluding hydrogens is 1000 g/mol. The number of likely N-dealkylation sites (tertiary alicyclic amines) is 4. The molecule has 4 aromatic carbocycles. The van der Waals surface area contributed by atoms with Crippen LogP contribution in [0.25, 0.3) is 27.9 Å². The van der Waals surface area contributed by atoms with Gasteiger partial charge in [-0.15, -0.1) is 0 Å². The molecule has 6 aromatic rings. The molecule has 0 bridgehead atoms. The summed E-state index contributed by atoms with van der Waals surface area (Å²) in [4.78, 5) is 64.2. The Labute approximate surface area is 445 Å². The van der Waals surface area contributed by atoms with Gasteiger partial charge in [-0.3, -0.25) is 24.2 Å². The van der Waals surface area contributed by atoms with Crippen LogP contribution in [0.5, 0.6) is 0 Å². The molecule has 4 fully saturated rings. The number of carbonyl (C=O) groups excluding carboxylic acids is 2. The Morgan fingerprint density at radius 1 is 0.600 bits per heavy atom. The summed E-state index contributed by atoms with van der Waals surface area (Å²) in [5.74, 6) is -1.73. The number of hydrogen-bond donors (Lipinski definition) is 5. The number of aromatic nitrogens is 2. The van der Waals surface area contributed by atoms with E-state index in [2.05, 4.69) is 73.9 Å². The minimum atomic E-state index is -0.778. The van der Waals surface area contributed by atoms with E-state index in [1.165, 1.54) is 46.2 Å². The predicted octanol–water partition coefficient (Wildman–Crippen LogP) is 11.9. The van der Waals surface area contributed by atoms with Crippen molar-refractivity contribution in [3.63, 3.8) is 0 Å². The van der Waals surface area contributed by atoms with Crippen LogP contribution < -0.4 is 5.32 Å². The molecular formula is C58H65Cl2F2N7O6. The van der Waals surface area contributed by atoms with Gasteiger partial charge in [-0.25, -0.2) is 13.6 Å². The van der Waals surface area contributed by atoms with Gasteiger partial charge in [0.1, 0.15) is 23.7 Å². The maximum absolute atomic E-state index is 13.4. The van der Waals surface area contributed by atoms with Crippen LogP contribution in [0, 0.1) is 23.5 Å². The number of anilines is 1. The highest BCUT2D eigenvalue weighted by Gasteiger charge is 2.36. The van der Waals surface area contributed by atoms with E-state index in [1.807, 2.05) is 12.1 Å². The average molecular weight is 1070 g/mol. The summed E-state index contributed by atoms with van der Waals surface area (Å²) in [6.45, 7) is 5.37. The number of H-pyrrole nitrogens is 2. The number of fused-ring (bicyclic) bond motifs is 2. The van der Waals surface area contributed by atoms with Crippen molar-refractivity contribution < 1.29 is 38.2 Å². The smallest absolute Gasteiger partial charge is 0.321 e. The zero-order valence-electron chi connectivity index (χ0n) is 41.9. The molecule has 2 unspecified atom stereocenters. The minimum Gasteiger partial charge on any atom is -0.480 e. The molecule has 13 nitrogen and oxygen atoms in total. The molecule has 3 amide bonds. The molecule has 5 N–H and O–H groups in total. The second-order valence-electron chi connectivity index (χ2n) is 20.7. The fourth-order valence-electron chi connectivity index (χ4n) is 11.8. The molecule has 0 radical (unpaired) electrons. The Kier molecular flexibility index (Phi) is 17.6. The third kappa shape index (κ3) is 13.4. The van der Waals surface area contributed by atoms with Gasteiger partial charge in [-0.1, -0.05) is 59.6 Å². The summed E-state index contributed by atoms with van der Waals surface area (Å²) in [6.07, 6.45) is 15.0. The first-order chi connectivity index (χ1) is 36.3. The highest BCUT2D eigenvalue weighted by atomic mass is 35.5. The number of halogens is 4. The summed E-state index contributed by atoms with van der Waals surface area (Å²) in [7, 11) is 0. The lowest BCUT2D eigenvalue weighted by Crippen LogP contribution is -2.48. The first-order valence-electron chi connectivity index (χ1n) is 26.3.